The maximum absolute atomic E-state index is 13.1. The molecule has 2 unspecified atom stereocenters. The molecule has 0 aliphatic carbocycles. The highest BCUT2D eigenvalue weighted by Crippen LogP contribution is 2.29. The number of hydrogen-bond acceptors (Lipinski definition) is 7. The van der Waals surface area contributed by atoms with Crippen molar-refractivity contribution in [3.63, 3.8) is 0 Å². The number of Topliss-reactive ketones (excluding diaryl/α,β-unsaturated/α-hetero) is 1. The van der Waals surface area contributed by atoms with E-state index in [0.29, 0.717) is 0 Å². The van der Waals surface area contributed by atoms with Crippen molar-refractivity contribution in [1.82, 2.24) is 0 Å². The molecule has 2 N–H and O–H groups in total. The first-order chi connectivity index (χ1) is 10.4. The van der Waals surface area contributed by atoms with E-state index < -0.39 is 37.1 Å². The van der Waals surface area contributed by atoms with E-state index in [2.05, 4.69) is 9.47 Å². The molecule has 0 saturated carbocycles. The largest absolute Gasteiger partial charge is 0.366 e. The molecule has 120 valence electrons. The first-order valence-corrected chi connectivity index (χ1v) is 6.22. The molecule has 0 bridgehead atoms. The average Bonchev–Trinajstić information content (AvgIpc) is 2.72. The Labute approximate surface area is 124 Å². The monoisotopic (exact) mass is 315 g/mol. The standard InChI is InChI=1S/C13H14FNO7/c1-20-13(19)22-6-21-10(16)5-15-9-3-2-7(14)4-8(9)11(17)12(15)18/h2-4,10,13,16,19H,5-6H2,1H3. The van der Waals surface area contributed by atoms with Crippen LogP contribution in [0.3, 0.4) is 0 Å². The Bertz CT molecular complexity index is 580. The summed E-state index contributed by atoms with van der Waals surface area (Å²) in [6, 6.07) is 3.33. The van der Waals surface area contributed by atoms with Gasteiger partial charge in [0.1, 0.15) is 5.82 Å². The summed E-state index contributed by atoms with van der Waals surface area (Å²) in [4.78, 5) is 24.5. The van der Waals surface area contributed by atoms with Gasteiger partial charge < -0.3 is 24.4 Å². The summed E-state index contributed by atoms with van der Waals surface area (Å²) in [5.74, 6) is -2.38. The van der Waals surface area contributed by atoms with Gasteiger partial charge in [-0.15, -0.1) is 0 Å². The topological polar surface area (TPSA) is 106 Å². The number of carbonyl (C=O) groups is 2. The van der Waals surface area contributed by atoms with Crippen molar-refractivity contribution >= 4 is 17.4 Å². The number of β-amino-alcohol motifs (C(OH)–C–C–N with tert-alkyl or cyclic N) is 1. The highest BCUT2D eigenvalue weighted by Gasteiger charge is 2.37. The molecule has 22 heavy (non-hydrogen) atoms. The van der Waals surface area contributed by atoms with Crippen molar-refractivity contribution in [2.45, 2.75) is 12.8 Å². The summed E-state index contributed by atoms with van der Waals surface area (Å²) in [6.45, 7) is -2.36. The lowest BCUT2D eigenvalue weighted by atomic mass is 10.1. The van der Waals surface area contributed by atoms with Gasteiger partial charge in [-0.3, -0.25) is 14.5 Å². The van der Waals surface area contributed by atoms with Crippen LogP contribution in [-0.4, -0.2) is 55.1 Å². The van der Waals surface area contributed by atoms with E-state index in [0.717, 1.165) is 17.0 Å². The maximum Gasteiger partial charge on any atom is 0.299 e. The van der Waals surface area contributed by atoms with Crippen molar-refractivity contribution in [1.29, 1.82) is 0 Å². The molecule has 1 aliphatic heterocycles. The van der Waals surface area contributed by atoms with Crippen LogP contribution in [0.1, 0.15) is 10.4 Å². The van der Waals surface area contributed by atoms with Crippen molar-refractivity contribution in [2.24, 2.45) is 0 Å². The Morgan fingerprint density at radius 2 is 2.00 bits per heavy atom. The lowest BCUT2D eigenvalue weighted by Gasteiger charge is -2.21. The number of methoxy groups -OCH3 is 1. The molecule has 2 rings (SSSR count). The average molecular weight is 315 g/mol. The van der Waals surface area contributed by atoms with Gasteiger partial charge in [-0.1, -0.05) is 0 Å². The van der Waals surface area contributed by atoms with E-state index in [9.17, 15) is 19.1 Å². The molecular formula is C13H14FNO7. The van der Waals surface area contributed by atoms with E-state index in [1.54, 1.807) is 0 Å². The van der Waals surface area contributed by atoms with E-state index in [4.69, 9.17) is 9.84 Å². The van der Waals surface area contributed by atoms with Gasteiger partial charge in [-0.25, -0.2) is 4.39 Å². The Hall–Kier alpha value is -1.91. The Balaban J connectivity index is 1.98. The first-order valence-electron chi connectivity index (χ1n) is 6.22. The van der Waals surface area contributed by atoms with Crippen molar-refractivity contribution in [3.05, 3.63) is 29.6 Å². The molecule has 1 aromatic carbocycles. The second-order valence-corrected chi connectivity index (χ2v) is 4.35. The minimum absolute atomic E-state index is 0.0664. The molecular weight excluding hydrogens is 301 g/mol. The second kappa shape index (κ2) is 6.90. The number of halogens is 1. The fourth-order valence-electron chi connectivity index (χ4n) is 1.91. The Morgan fingerprint density at radius 1 is 1.27 bits per heavy atom. The maximum atomic E-state index is 13.1. The van der Waals surface area contributed by atoms with E-state index >= 15 is 0 Å². The molecule has 9 heteroatoms. The summed E-state index contributed by atoms with van der Waals surface area (Å²) in [5, 5.41) is 18.6. The number of carbonyl (C=O) groups excluding carboxylic acids is 2. The molecule has 2 atom stereocenters. The molecule has 1 aromatic rings. The lowest BCUT2D eigenvalue weighted by Crippen LogP contribution is -2.38. The molecule has 8 nitrogen and oxygen atoms in total. The predicted molar refractivity (Wildman–Crippen MR) is 69.1 cm³/mol. The highest BCUT2D eigenvalue weighted by molar-refractivity contribution is 6.52. The van der Waals surface area contributed by atoms with Crippen LogP contribution in [-0.2, 0) is 19.0 Å². The van der Waals surface area contributed by atoms with Gasteiger partial charge in [0.05, 0.1) is 17.8 Å². The van der Waals surface area contributed by atoms with Crippen LogP contribution in [0, 0.1) is 5.82 Å². The van der Waals surface area contributed by atoms with Crippen LogP contribution >= 0.6 is 0 Å². The summed E-state index contributed by atoms with van der Waals surface area (Å²) < 4.78 is 26.9. The van der Waals surface area contributed by atoms with Gasteiger partial charge in [0.25, 0.3) is 18.2 Å². The van der Waals surface area contributed by atoms with Crippen LogP contribution in [0.2, 0.25) is 0 Å². The van der Waals surface area contributed by atoms with Crippen molar-refractivity contribution in [3.8, 4) is 0 Å². The van der Waals surface area contributed by atoms with E-state index in [1.807, 2.05) is 0 Å². The van der Waals surface area contributed by atoms with Gasteiger partial charge >= 0.3 is 0 Å². The smallest absolute Gasteiger partial charge is 0.299 e. The summed E-state index contributed by atoms with van der Waals surface area (Å²) in [6.07, 6.45) is -1.48. The number of benzene rings is 1. The number of fused-ring (bicyclic) bond motifs is 1. The first kappa shape index (κ1) is 16.5. The zero-order chi connectivity index (χ0) is 16.3. The molecule has 0 fully saturated rings. The second-order valence-electron chi connectivity index (χ2n) is 4.35. The van der Waals surface area contributed by atoms with Gasteiger partial charge in [-0.05, 0) is 18.2 Å². The van der Waals surface area contributed by atoms with Crippen molar-refractivity contribution < 1.29 is 38.4 Å². The van der Waals surface area contributed by atoms with E-state index in [1.165, 1.54) is 13.2 Å². The number of aliphatic hydroxyl groups is 2. The fraction of sp³-hybridized carbons (Fsp3) is 0.385. The lowest BCUT2D eigenvalue weighted by molar-refractivity contribution is -0.298. The molecule has 1 amide bonds. The minimum Gasteiger partial charge on any atom is -0.366 e. The number of aliphatic hydroxyl groups excluding tert-OH is 2. The quantitative estimate of drug-likeness (QED) is 0.520. The number of nitrogens with zero attached hydrogens (tertiary/aromatic N) is 1. The molecule has 0 aromatic heterocycles. The van der Waals surface area contributed by atoms with E-state index in [-0.39, 0.29) is 17.8 Å². The molecule has 1 heterocycles. The van der Waals surface area contributed by atoms with Crippen LogP contribution in [0.4, 0.5) is 10.1 Å². The normalized spacial score (nSPS) is 16.8. The third-order valence-corrected chi connectivity index (χ3v) is 2.94. The molecule has 0 radical (unpaired) electrons. The predicted octanol–water partition coefficient (Wildman–Crippen LogP) is -0.414. The van der Waals surface area contributed by atoms with Gasteiger partial charge in [0, 0.05) is 7.11 Å². The number of rotatable bonds is 7. The van der Waals surface area contributed by atoms with Crippen molar-refractivity contribution in [2.75, 3.05) is 25.3 Å². The molecule has 1 aliphatic rings. The zero-order valence-corrected chi connectivity index (χ0v) is 11.6. The van der Waals surface area contributed by atoms with Crippen LogP contribution < -0.4 is 4.90 Å². The van der Waals surface area contributed by atoms with Crippen LogP contribution in [0.15, 0.2) is 18.2 Å². The number of hydrogen-bond donors (Lipinski definition) is 2. The third kappa shape index (κ3) is 3.46. The number of amides is 1. The number of ether oxygens (including phenoxy) is 3. The van der Waals surface area contributed by atoms with Gasteiger partial charge in [0.15, 0.2) is 13.1 Å². The fourth-order valence-corrected chi connectivity index (χ4v) is 1.91. The van der Waals surface area contributed by atoms with Crippen LogP contribution in [0.5, 0.6) is 0 Å². The van der Waals surface area contributed by atoms with Gasteiger partial charge in [0.2, 0.25) is 0 Å². The SMILES string of the molecule is COC(O)OCOC(O)CN1C(=O)C(=O)c2cc(F)ccc21. The molecule has 0 saturated heterocycles. The third-order valence-electron chi connectivity index (χ3n) is 2.94. The van der Waals surface area contributed by atoms with Gasteiger partial charge in [-0.2, -0.15) is 0 Å². The summed E-state index contributed by atoms with van der Waals surface area (Å²) in [5.41, 5.74) is 0.125. The number of ketones is 1. The zero-order valence-electron chi connectivity index (χ0n) is 11.6. The number of anilines is 1. The summed E-state index contributed by atoms with van der Waals surface area (Å²) in [7, 11) is 1.20. The highest BCUT2D eigenvalue weighted by atomic mass is 19.1. The summed E-state index contributed by atoms with van der Waals surface area (Å²) >= 11 is 0. The molecule has 0 spiro atoms. The minimum atomic E-state index is -1.51. The van der Waals surface area contributed by atoms with Crippen LogP contribution in [0.25, 0.3) is 0 Å². The Morgan fingerprint density at radius 3 is 2.68 bits per heavy atom. The Kier molecular flexibility index (Phi) is 5.16.